The molecule has 0 aliphatic heterocycles. The predicted octanol–water partition coefficient (Wildman–Crippen LogP) is 1.84. The lowest BCUT2D eigenvalue weighted by Gasteiger charge is -2.14. The number of aryl methyl sites for hydroxylation is 2. The fourth-order valence-electron chi connectivity index (χ4n) is 2.56. The van der Waals surface area contributed by atoms with Gasteiger partial charge in [-0.1, -0.05) is 13.3 Å². The molecule has 2 aromatic rings. The Bertz CT molecular complexity index is 564. The van der Waals surface area contributed by atoms with E-state index in [-0.39, 0.29) is 6.61 Å². The molecule has 0 spiro atoms. The first-order chi connectivity index (χ1) is 9.65. The molecule has 0 aliphatic rings. The molecule has 1 unspecified atom stereocenters. The monoisotopic (exact) mass is 276 g/mol. The van der Waals surface area contributed by atoms with Crippen LogP contribution in [0.2, 0.25) is 0 Å². The van der Waals surface area contributed by atoms with E-state index in [2.05, 4.69) is 39.6 Å². The third-order valence-corrected chi connectivity index (χ3v) is 3.72. The van der Waals surface area contributed by atoms with Gasteiger partial charge in [-0.15, -0.1) is 0 Å². The van der Waals surface area contributed by atoms with Gasteiger partial charge in [0.1, 0.15) is 0 Å². The summed E-state index contributed by atoms with van der Waals surface area (Å²) in [6.45, 7) is 8.18. The van der Waals surface area contributed by atoms with Crippen LogP contribution in [0.25, 0.3) is 5.78 Å². The highest BCUT2D eigenvalue weighted by Crippen LogP contribution is 2.11. The van der Waals surface area contributed by atoms with Crippen molar-refractivity contribution >= 4 is 5.78 Å². The summed E-state index contributed by atoms with van der Waals surface area (Å²) in [5.74, 6) is 1.29. The summed E-state index contributed by atoms with van der Waals surface area (Å²) in [6, 6.07) is 2.07. The standard InChI is InChI=1S/C15H24N4O/c1-4-13(5-6-20)8-16-9-14-10-17-15-18-11(2)7-12(3)19(14)15/h7,10,13,16,20H,4-6,8-9H2,1-3H3. The highest BCUT2D eigenvalue weighted by atomic mass is 16.3. The summed E-state index contributed by atoms with van der Waals surface area (Å²) in [6.07, 6.45) is 3.83. The van der Waals surface area contributed by atoms with E-state index in [1.54, 1.807) is 0 Å². The number of nitrogens with zero attached hydrogens (tertiary/aromatic N) is 3. The summed E-state index contributed by atoms with van der Waals surface area (Å²) in [5, 5.41) is 12.5. The van der Waals surface area contributed by atoms with Crippen molar-refractivity contribution in [2.24, 2.45) is 5.92 Å². The smallest absolute Gasteiger partial charge is 0.234 e. The number of aliphatic hydroxyl groups is 1. The number of rotatable bonds is 7. The van der Waals surface area contributed by atoms with E-state index in [9.17, 15) is 0 Å². The molecule has 2 aromatic heterocycles. The SMILES string of the molecule is CCC(CCO)CNCc1cnc2nc(C)cc(C)n12. The first-order valence-corrected chi connectivity index (χ1v) is 7.27. The summed E-state index contributed by atoms with van der Waals surface area (Å²) in [4.78, 5) is 8.80. The molecule has 0 bridgehead atoms. The Morgan fingerprint density at radius 3 is 2.90 bits per heavy atom. The minimum atomic E-state index is 0.262. The van der Waals surface area contributed by atoms with Gasteiger partial charge in [0.2, 0.25) is 5.78 Å². The van der Waals surface area contributed by atoms with Crippen molar-refractivity contribution in [2.75, 3.05) is 13.2 Å². The lowest BCUT2D eigenvalue weighted by atomic mass is 10.0. The van der Waals surface area contributed by atoms with Gasteiger partial charge in [0, 0.05) is 24.5 Å². The van der Waals surface area contributed by atoms with Crippen molar-refractivity contribution in [2.45, 2.75) is 40.2 Å². The van der Waals surface area contributed by atoms with Gasteiger partial charge in [0.05, 0.1) is 11.9 Å². The Labute approximate surface area is 120 Å². The normalized spacial score (nSPS) is 13.0. The molecule has 0 aromatic carbocycles. The third-order valence-electron chi connectivity index (χ3n) is 3.72. The number of fused-ring (bicyclic) bond motifs is 1. The Morgan fingerprint density at radius 1 is 1.40 bits per heavy atom. The van der Waals surface area contributed by atoms with Gasteiger partial charge in [0.15, 0.2) is 0 Å². The van der Waals surface area contributed by atoms with Crippen LogP contribution in [-0.4, -0.2) is 32.6 Å². The van der Waals surface area contributed by atoms with E-state index in [0.717, 1.165) is 48.8 Å². The maximum absolute atomic E-state index is 9.00. The molecular formula is C15H24N4O. The molecule has 2 heterocycles. The zero-order valence-electron chi connectivity index (χ0n) is 12.6. The van der Waals surface area contributed by atoms with Gasteiger partial charge in [-0.25, -0.2) is 9.97 Å². The van der Waals surface area contributed by atoms with E-state index >= 15 is 0 Å². The van der Waals surface area contributed by atoms with Crippen molar-refractivity contribution < 1.29 is 5.11 Å². The van der Waals surface area contributed by atoms with Crippen molar-refractivity contribution in [1.29, 1.82) is 0 Å². The van der Waals surface area contributed by atoms with Gasteiger partial charge in [-0.05, 0) is 38.8 Å². The molecule has 2 rings (SSSR count). The quantitative estimate of drug-likeness (QED) is 0.810. The van der Waals surface area contributed by atoms with Crippen molar-refractivity contribution in [3.63, 3.8) is 0 Å². The lowest BCUT2D eigenvalue weighted by molar-refractivity contribution is 0.251. The first kappa shape index (κ1) is 14.9. The average Bonchev–Trinajstić information content (AvgIpc) is 2.81. The molecule has 0 amide bonds. The highest BCUT2D eigenvalue weighted by Gasteiger charge is 2.09. The highest BCUT2D eigenvalue weighted by molar-refractivity contribution is 5.35. The second-order valence-electron chi connectivity index (χ2n) is 5.34. The third kappa shape index (κ3) is 3.35. The van der Waals surface area contributed by atoms with Crippen LogP contribution < -0.4 is 5.32 Å². The van der Waals surface area contributed by atoms with E-state index in [1.165, 1.54) is 0 Å². The van der Waals surface area contributed by atoms with Gasteiger partial charge in [-0.3, -0.25) is 4.40 Å². The van der Waals surface area contributed by atoms with Crippen LogP contribution >= 0.6 is 0 Å². The Kier molecular flexibility index (Phi) is 5.09. The maximum atomic E-state index is 9.00. The minimum absolute atomic E-state index is 0.262. The van der Waals surface area contributed by atoms with Crippen LogP contribution in [0.5, 0.6) is 0 Å². The molecule has 110 valence electrons. The van der Waals surface area contributed by atoms with Crippen molar-refractivity contribution in [1.82, 2.24) is 19.7 Å². The molecule has 5 heteroatoms. The fourth-order valence-corrected chi connectivity index (χ4v) is 2.56. The van der Waals surface area contributed by atoms with Crippen LogP contribution in [0.3, 0.4) is 0 Å². The minimum Gasteiger partial charge on any atom is -0.396 e. The van der Waals surface area contributed by atoms with Gasteiger partial charge >= 0.3 is 0 Å². The largest absolute Gasteiger partial charge is 0.396 e. The van der Waals surface area contributed by atoms with Crippen LogP contribution in [0, 0.1) is 19.8 Å². The molecule has 0 fully saturated rings. The number of aromatic nitrogens is 3. The number of hydrogen-bond acceptors (Lipinski definition) is 4. The molecule has 0 saturated carbocycles. The first-order valence-electron chi connectivity index (χ1n) is 7.27. The van der Waals surface area contributed by atoms with Crippen molar-refractivity contribution in [3.8, 4) is 0 Å². The van der Waals surface area contributed by atoms with E-state index in [0.29, 0.717) is 5.92 Å². The van der Waals surface area contributed by atoms with E-state index in [4.69, 9.17) is 5.11 Å². The van der Waals surface area contributed by atoms with E-state index in [1.807, 2.05) is 13.1 Å². The van der Waals surface area contributed by atoms with Gasteiger partial charge in [-0.2, -0.15) is 0 Å². The molecule has 5 nitrogen and oxygen atoms in total. The predicted molar refractivity (Wildman–Crippen MR) is 79.7 cm³/mol. The van der Waals surface area contributed by atoms with E-state index < -0.39 is 0 Å². The molecule has 1 atom stereocenters. The second-order valence-corrected chi connectivity index (χ2v) is 5.34. The van der Waals surface area contributed by atoms with Crippen LogP contribution in [0.4, 0.5) is 0 Å². The Hall–Kier alpha value is -1.46. The topological polar surface area (TPSA) is 62.5 Å². The number of aliphatic hydroxyl groups excluding tert-OH is 1. The molecule has 0 radical (unpaired) electrons. The lowest BCUT2D eigenvalue weighted by Crippen LogP contribution is -2.23. The molecule has 0 aliphatic carbocycles. The fraction of sp³-hybridized carbons (Fsp3) is 0.600. The second kappa shape index (κ2) is 6.81. The maximum Gasteiger partial charge on any atom is 0.234 e. The summed E-state index contributed by atoms with van der Waals surface area (Å²) >= 11 is 0. The summed E-state index contributed by atoms with van der Waals surface area (Å²) < 4.78 is 2.09. The van der Waals surface area contributed by atoms with Gasteiger partial charge < -0.3 is 10.4 Å². The van der Waals surface area contributed by atoms with Crippen molar-refractivity contribution in [3.05, 3.63) is 29.3 Å². The van der Waals surface area contributed by atoms with Crippen LogP contribution in [0.1, 0.15) is 36.8 Å². The van der Waals surface area contributed by atoms with Crippen LogP contribution in [0.15, 0.2) is 12.3 Å². The molecular weight excluding hydrogens is 252 g/mol. The van der Waals surface area contributed by atoms with Crippen LogP contribution in [-0.2, 0) is 6.54 Å². The summed E-state index contributed by atoms with van der Waals surface area (Å²) in [5.41, 5.74) is 3.28. The molecule has 2 N–H and O–H groups in total. The molecule has 20 heavy (non-hydrogen) atoms. The zero-order chi connectivity index (χ0) is 14.5. The average molecular weight is 276 g/mol. The Morgan fingerprint density at radius 2 is 2.20 bits per heavy atom. The number of imidazole rings is 1. The number of hydrogen-bond donors (Lipinski definition) is 2. The Balaban J connectivity index is 2.03. The molecule has 0 saturated heterocycles. The van der Waals surface area contributed by atoms with Gasteiger partial charge in [0.25, 0.3) is 0 Å². The summed E-state index contributed by atoms with van der Waals surface area (Å²) in [7, 11) is 0. The zero-order valence-corrected chi connectivity index (χ0v) is 12.6. The number of nitrogens with one attached hydrogen (secondary N) is 1.